The van der Waals surface area contributed by atoms with E-state index >= 15 is 0 Å². The second-order valence-corrected chi connectivity index (χ2v) is 7.54. The zero-order chi connectivity index (χ0) is 18.8. The fourth-order valence-electron chi connectivity index (χ4n) is 3.04. The lowest BCUT2D eigenvalue weighted by Gasteiger charge is -2.39. The van der Waals surface area contributed by atoms with E-state index in [2.05, 4.69) is 15.3 Å². The molecule has 1 aliphatic rings. The van der Waals surface area contributed by atoms with Crippen LogP contribution in [0, 0.1) is 0 Å². The van der Waals surface area contributed by atoms with Crippen LogP contribution >= 0.6 is 0 Å². The smallest absolute Gasteiger partial charge is 0.412 e. The van der Waals surface area contributed by atoms with E-state index in [-0.39, 0.29) is 5.78 Å². The van der Waals surface area contributed by atoms with Crippen molar-refractivity contribution in [1.82, 2.24) is 9.97 Å². The summed E-state index contributed by atoms with van der Waals surface area (Å²) in [6.45, 7) is 5.38. The first-order chi connectivity index (χ1) is 12.3. The molecule has 0 atom stereocenters. The number of anilines is 1. The van der Waals surface area contributed by atoms with Crippen LogP contribution in [0.5, 0.6) is 0 Å². The highest BCUT2D eigenvalue weighted by molar-refractivity contribution is 6.03. The number of carbonyl (C=O) groups excluding carboxylic acids is 2. The Labute approximate surface area is 153 Å². The molecule has 6 nitrogen and oxygen atoms in total. The number of ketones is 1. The molecule has 0 radical (unpaired) electrons. The van der Waals surface area contributed by atoms with Crippen LogP contribution in [0.2, 0.25) is 0 Å². The monoisotopic (exact) mass is 353 g/mol. The van der Waals surface area contributed by atoms with Gasteiger partial charge in [-0.2, -0.15) is 0 Å². The zero-order valence-corrected chi connectivity index (χ0v) is 15.3. The summed E-state index contributed by atoms with van der Waals surface area (Å²) in [5.41, 5.74) is 0.511. The Morgan fingerprint density at radius 3 is 2.38 bits per heavy atom. The second kappa shape index (κ2) is 6.86. The number of rotatable bonds is 4. The van der Waals surface area contributed by atoms with Gasteiger partial charge in [0.1, 0.15) is 11.3 Å². The van der Waals surface area contributed by atoms with Crippen molar-refractivity contribution in [3.63, 3.8) is 0 Å². The predicted molar refractivity (Wildman–Crippen MR) is 98.2 cm³/mol. The Kier molecular flexibility index (Phi) is 4.76. The molecule has 0 aliphatic heterocycles. The zero-order valence-electron chi connectivity index (χ0n) is 15.3. The number of ether oxygens (including phenoxy) is 1. The number of nitrogens with zero attached hydrogens (tertiary/aromatic N) is 2. The Morgan fingerprint density at radius 2 is 1.88 bits per heavy atom. The highest BCUT2D eigenvalue weighted by Crippen LogP contribution is 2.45. The van der Waals surface area contributed by atoms with Gasteiger partial charge in [0.25, 0.3) is 0 Å². The van der Waals surface area contributed by atoms with Crippen LogP contribution in [-0.4, -0.2) is 27.4 Å². The summed E-state index contributed by atoms with van der Waals surface area (Å²) in [5.74, 6) is -0.0220. The van der Waals surface area contributed by atoms with Crippen molar-refractivity contribution in [3.8, 4) is 0 Å². The van der Waals surface area contributed by atoms with Gasteiger partial charge in [0.15, 0.2) is 5.78 Å². The van der Waals surface area contributed by atoms with Crippen molar-refractivity contribution in [3.05, 3.63) is 54.1 Å². The highest BCUT2D eigenvalue weighted by atomic mass is 16.6. The maximum absolute atomic E-state index is 13.1. The summed E-state index contributed by atoms with van der Waals surface area (Å²) in [7, 11) is 0. The van der Waals surface area contributed by atoms with Gasteiger partial charge in [-0.25, -0.2) is 4.79 Å². The maximum Gasteiger partial charge on any atom is 0.412 e. The number of amides is 1. The lowest BCUT2D eigenvalue weighted by Crippen LogP contribution is -2.43. The Morgan fingerprint density at radius 1 is 1.12 bits per heavy atom. The fraction of sp³-hybridized carbons (Fsp3) is 0.400. The molecule has 2 aromatic heterocycles. The molecular weight excluding hydrogens is 330 g/mol. The number of Topliss-reactive ketones (excluding diaryl/α,β-unsaturated/α-hetero) is 1. The molecule has 2 aromatic rings. The normalized spacial score (nSPS) is 15.7. The molecule has 6 heteroatoms. The van der Waals surface area contributed by atoms with E-state index in [0.29, 0.717) is 11.4 Å². The first kappa shape index (κ1) is 18.0. The van der Waals surface area contributed by atoms with Gasteiger partial charge in [0.05, 0.1) is 23.0 Å². The molecule has 136 valence electrons. The average Bonchev–Trinajstić information content (AvgIpc) is 2.53. The van der Waals surface area contributed by atoms with Crippen LogP contribution in [-0.2, 0) is 10.2 Å². The molecule has 26 heavy (non-hydrogen) atoms. The minimum Gasteiger partial charge on any atom is -0.444 e. The molecule has 1 N–H and O–H groups in total. The van der Waals surface area contributed by atoms with Crippen LogP contribution in [0.3, 0.4) is 0 Å². The van der Waals surface area contributed by atoms with Crippen LogP contribution in [0.25, 0.3) is 0 Å². The third-order valence-electron chi connectivity index (χ3n) is 4.44. The molecule has 0 aromatic carbocycles. The molecule has 0 spiro atoms. The average molecular weight is 353 g/mol. The van der Waals surface area contributed by atoms with Crippen molar-refractivity contribution >= 4 is 17.6 Å². The summed E-state index contributed by atoms with van der Waals surface area (Å²) < 4.78 is 5.20. The molecule has 2 heterocycles. The van der Waals surface area contributed by atoms with Crippen molar-refractivity contribution < 1.29 is 14.3 Å². The quantitative estimate of drug-likeness (QED) is 0.836. The van der Waals surface area contributed by atoms with E-state index in [1.807, 2.05) is 18.2 Å². The van der Waals surface area contributed by atoms with Crippen LogP contribution < -0.4 is 5.32 Å². The standard InChI is InChI=1S/C20H23N3O3/c1-19(2,3)26-18(25)23-14-8-9-15(22-13-14)17(24)20(10-6-11-20)16-7-4-5-12-21-16/h4-5,7-9,12-13H,6,10-11H2,1-3H3,(H,23,25). The molecule has 1 aliphatic carbocycles. The van der Waals surface area contributed by atoms with E-state index in [1.54, 1.807) is 39.1 Å². The third kappa shape index (κ3) is 3.74. The van der Waals surface area contributed by atoms with E-state index in [9.17, 15) is 9.59 Å². The Hall–Kier alpha value is -2.76. The van der Waals surface area contributed by atoms with E-state index in [1.165, 1.54) is 6.20 Å². The molecule has 0 bridgehead atoms. The van der Waals surface area contributed by atoms with E-state index in [0.717, 1.165) is 25.0 Å². The van der Waals surface area contributed by atoms with Crippen molar-refractivity contribution in [2.24, 2.45) is 0 Å². The Bertz CT molecular complexity index is 791. The van der Waals surface area contributed by atoms with Gasteiger partial charge in [0, 0.05) is 6.20 Å². The van der Waals surface area contributed by atoms with Crippen LogP contribution in [0.1, 0.15) is 56.2 Å². The molecule has 3 rings (SSSR count). The number of pyridine rings is 2. The summed E-state index contributed by atoms with van der Waals surface area (Å²) in [5, 5.41) is 2.62. The number of carbonyl (C=O) groups is 2. The molecule has 1 saturated carbocycles. The van der Waals surface area contributed by atoms with Gasteiger partial charge in [-0.3, -0.25) is 20.1 Å². The van der Waals surface area contributed by atoms with Gasteiger partial charge in [-0.15, -0.1) is 0 Å². The second-order valence-electron chi connectivity index (χ2n) is 7.54. The van der Waals surface area contributed by atoms with Gasteiger partial charge >= 0.3 is 6.09 Å². The summed E-state index contributed by atoms with van der Waals surface area (Å²) >= 11 is 0. The number of nitrogens with one attached hydrogen (secondary N) is 1. The minimum absolute atomic E-state index is 0.0220. The maximum atomic E-state index is 13.1. The Balaban J connectivity index is 1.74. The first-order valence-electron chi connectivity index (χ1n) is 8.73. The number of aromatic nitrogens is 2. The van der Waals surface area contributed by atoms with Crippen molar-refractivity contribution in [1.29, 1.82) is 0 Å². The van der Waals surface area contributed by atoms with Gasteiger partial charge in [0.2, 0.25) is 0 Å². The highest BCUT2D eigenvalue weighted by Gasteiger charge is 2.47. The first-order valence-corrected chi connectivity index (χ1v) is 8.73. The van der Waals surface area contributed by atoms with Gasteiger partial charge in [-0.05, 0) is 57.9 Å². The third-order valence-corrected chi connectivity index (χ3v) is 4.44. The summed E-state index contributed by atoms with van der Waals surface area (Å²) in [6.07, 6.45) is 5.19. The minimum atomic E-state index is -0.577. The SMILES string of the molecule is CC(C)(C)OC(=O)Nc1ccc(C(=O)C2(c3ccccn3)CCC2)nc1. The molecule has 1 fully saturated rings. The van der Waals surface area contributed by atoms with E-state index in [4.69, 9.17) is 4.74 Å². The van der Waals surface area contributed by atoms with Gasteiger partial charge < -0.3 is 4.74 Å². The van der Waals surface area contributed by atoms with E-state index < -0.39 is 17.1 Å². The number of hydrogen-bond acceptors (Lipinski definition) is 5. The number of hydrogen-bond donors (Lipinski definition) is 1. The topological polar surface area (TPSA) is 81.2 Å². The van der Waals surface area contributed by atoms with Crippen molar-refractivity contribution in [2.45, 2.75) is 51.0 Å². The lowest BCUT2D eigenvalue weighted by atomic mass is 9.63. The summed E-state index contributed by atoms with van der Waals surface area (Å²) in [4.78, 5) is 33.5. The lowest BCUT2D eigenvalue weighted by molar-refractivity contribution is 0.0635. The predicted octanol–water partition coefficient (Wildman–Crippen LogP) is 4.13. The van der Waals surface area contributed by atoms with Crippen LogP contribution in [0.4, 0.5) is 10.5 Å². The molecule has 0 unspecified atom stereocenters. The molecular formula is C20H23N3O3. The fourth-order valence-corrected chi connectivity index (χ4v) is 3.04. The van der Waals surface area contributed by atoms with Crippen molar-refractivity contribution in [2.75, 3.05) is 5.32 Å². The molecule has 1 amide bonds. The van der Waals surface area contributed by atoms with Crippen LogP contribution in [0.15, 0.2) is 42.7 Å². The molecule has 0 saturated heterocycles. The largest absolute Gasteiger partial charge is 0.444 e. The van der Waals surface area contributed by atoms with Gasteiger partial charge in [-0.1, -0.05) is 12.5 Å². The summed E-state index contributed by atoms with van der Waals surface area (Å²) in [6, 6.07) is 8.94.